The third kappa shape index (κ3) is 4.77. The minimum absolute atomic E-state index is 0.165. The van der Waals surface area contributed by atoms with E-state index in [1.807, 2.05) is 19.9 Å². The van der Waals surface area contributed by atoms with Crippen molar-refractivity contribution in [3.8, 4) is 5.69 Å². The fourth-order valence-electron chi connectivity index (χ4n) is 2.88. The van der Waals surface area contributed by atoms with Crippen molar-refractivity contribution in [1.82, 2.24) is 20.2 Å². The zero-order valence-corrected chi connectivity index (χ0v) is 18.2. The van der Waals surface area contributed by atoms with Gasteiger partial charge in [0.1, 0.15) is 0 Å². The average molecular weight is 447 g/mol. The molecule has 2 aromatic carbocycles. The van der Waals surface area contributed by atoms with E-state index in [1.165, 1.54) is 12.1 Å². The van der Waals surface area contributed by atoms with E-state index in [-0.39, 0.29) is 27.2 Å². The van der Waals surface area contributed by atoms with E-state index in [1.54, 1.807) is 23.7 Å². The largest absolute Gasteiger partial charge is 0.324 e. The summed E-state index contributed by atoms with van der Waals surface area (Å²) in [4.78, 5) is 25.1. The summed E-state index contributed by atoms with van der Waals surface area (Å²) in [5.41, 5.74) is 2.58. The van der Waals surface area contributed by atoms with Crippen LogP contribution in [0.1, 0.15) is 41.5 Å². The summed E-state index contributed by atoms with van der Waals surface area (Å²) in [6, 6.07) is 8.31. The highest BCUT2D eigenvalue weighted by Crippen LogP contribution is 2.31. The van der Waals surface area contributed by atoms with Gasteiger partial charge < -0.3 is 10.6 Å². The van der Waals surface area contributed by atoms with Crippen LogP contribution in [0.15, 0.2) is 30.3 Å². The van der Waals surface area contributed by atoms with E-state index >= 15 is 0 Å². The standard InChI is InChI=1S/C20H20Cl2N6O2/c1-4-5-18(29)24-19-15(8-13(21)9-16(19)22)20(30)23-14-7-6-11(2)17(10-14)28-12(3)25-26-27-28/h6-10H,4-5H2,1-3H3,(H,23,30)(H,24,29). The molecule has 10 heteroatoms. The zero-order chi connectivity index (χ0) is 21.8. The van der Waals surface area contributed by atoms with Crippen molar-refractivity contribution >= 4 is 46.4 Å². The first-order valence-electron chi connectivity index (χ1n) is 9.26. The predicted octanol–water partition coefficient (Wildman–Crippen LogP) is 4.58. The lowest BCUT2D eigenvalue weighted by molar-refractivity contribution is -0.116. The van der Waals surface area contributed by atoms with Crippen molar-refractivity contribution in [2.45, 2.75) is 33.6 Å². The van der Waals surface area contributed by atoms with Gasteiger partial charge in [0.15, 0.2) is 5.82 Å². The average Bonchev–Trinajstić information content (AvgIpc) is 3.11. The van der Waals surface area contributed by atoms with E-state index in [4.69, 9.17) is 23.2 Å². The molecule has 0 atom stereocenters. The van der Waals surface area contributed by atoms with Gasteiger partial charge in [0.05, 0.1) is 22.0 Å². The lowest BCUT2D eigenvalue weighted by Crippen LogP contribution is -2.18. The molecule has 2 N–H and O–H groups in total. The smallest absolute Gasteiger partial charge is 0.257 e. The molecule has 8 nitrogen and oxygen atoms in total. The molecule has 2 amide bonds. The van der Waals surface area contributed by atoms with Crippen molar-refractivity contribution in [2.24, 2.45) is 0 Å². The van der Waals surface area contributed by atoms with Gasteiger partial charge in [0.25, 0.3) is 5.91 Å². The fraction of sp³-hybridized carbons (Fsp3) is 0.250. The van der Waals surface area contributed by atoms with Gasteiger partial charge >= 0.3 is 0 Å². The molecule has 0 fully saturated rings. The van der Waals surface area contributed by atoms with Gasteiger partial charge in [0, 0.05) is 17.1 Å². The van der Waals surface area contributed by atoms with Crippen molar-refractivity contribution in [3.63, 3.8) is 0 Å². The first-order chi connectivity index (χ1) is 14.3. The number of carbonyl (C=O) groups excluding carboxylic acids is 2. The van der Waals surface area contributed by atoms with E-state index < -0.39 is 5.91 Å². The SMILES string of the molecule is CCCC(=O)Nc1c(Cl)cc(Cl)cc1C(=O)Nc1ccc(C)c(-n2nnnc2C)c1. The maximum absolute atomic E-state index is 13.0. The zero-order valence-electron chi connectivity index (χ0n) is 16.7. The Bertz CT molecular complexity index is 1110. The highest BCUT2D eigenvalue weighted by Gasteiger charge is 2.19. The van der Waals surface area contributed by atoms with Crippen LogP contribution in [0.3, 0.4) is 0 Å². The lowest BCUT2D eigenvalue weighted by atomic mass is 10.1. The Hall–Kier alpha value is -2.97. The normalized spacial score (nSPS) is 10.7. The van der Waals surface area contributed by atoms with Gasteiger partial charge in [-0.05, 0) is 60.5 Å². The molecular weight excluding hydrogens is 427 g/mol. The topological polar surface area (TPSA) is 102 Å². The number of aromatic nitrogens is 4. The van der Waals surface area contributed by atoms with Crippen LogP contribution < -0.4 is 10.6 Å². The number of hydrogen-bond donors (Lipinski definition) is 2. The summed E-state index contributed by atoms with van der Waals surface area (Å²) >= 11 is 12.3. The third-order valence-electron chi connectivity index (χ3n) is 4.36. The molecular formula is C20H20Cl2N6O2. The summed E-state index contributed by atoms with van der Waals surface area (Å²) in [7, 11) is 0. The molecule has 1 aromatic heterocycles. The van der Waals surface area contributed by atoms with Crippen LogP contribution in [0.4, 0.5) is 11.4 Å². The van der Waals surface area contributed by atoms with Crippen molar-refractivity contribution < 1.29 is 9.59 Å². The van der Waals surface area contributed by atoms with Gasteiger partial charge in [-0.25, -0.2) is 0 Å². The molecule has 0 unspecified atom stereocenters. The van der Waals surface area contributed by atoms with Crippen molar-refractivity contribution in [2.75, 3.05) is 10.6 Å². The molecule has 30 heavy (non-hydrogen) atoms. The van der Waals surface area contributed by atoms with E-state index in [9.17, 15) is 9.59 Å². The summed E-state index contributed by atoms with van der Waals surface area (Å²) in [6.07, 6.45) is 0.980. The Labute approximate surface area is 183 Å². The molecule has 156 valence electrons. The number of halogens is 2. The first-order valence-corrected chi connectivity index (χ1v) is 10.0. The Balaban J connectivity index is 1.93. The second kappa shape index (κ2) is 9.23. The minimum atomic E-state index is -0.463. The molecule has 3 aromatic rings. The Morgan fingerprint density at radius 3 is 2.53 bits per heavy atom. The highest BCUT2D eigenvalue weighted by atomic mass is 35.5. The van der Waals surface area contributed by atoms with Crippen LogP contribution in [0.25, 0.3) is 5.69 Å². The van der Waals surface area contributed by atoms with Crippen LogP contribution >= 0.6 is 23.2 Å². The van der Waals surface area contributed by atoms with Crippen LogP contribution in [0.2, 0.25) is 10.0 Å². The molecule has 1 heterocycles. The van der Waals surface area contributed by atoms with E-state index in [0.717, 1.165) is 11.3 Å². The monoisotopic (exact) mass is 446 g/mol. The number of hydrogen-bond acceptors (Lipinski definition) is 5. The number of rotatable bonds is 6. The van der Waals surface area contributed by atoms with Gasteiger partial charge in [-0.15, -0.1) is 5.10 Å². The second-order valence-electron chi connectivity index (χ2n) is 6.70. The molecule has 0 aliphatic rings. The number of benzene rings is 2. The number of carbonyl (C=O) groups is 2. The van der Waals surface area contributed by atoms with Crippen LogP contribution in [-0.2, 0) is 4.79 Å². The van der Waals surface area contributed by atoms with Crippen LogP contribution in [0, 0.1) is 13.8 Å². The number of aryl methyl sites for hydroxylation is 2. The van der Waals surface area contributed by atoms with Gasteiger partial charge in [-0.2, -0.15) is 4.68 Å². The maximum Gasteiger partial charge on any atom is 0.257 e. The maximum atomic E-state index is 13.0. The third-order valence-corrected chi connectivity index (χ3v) is 4.88. The molecule has 0 spiro atoms. The summed E-state index contributed by atoms with van der Waals surface area (Å²) < 4.78 is 1.58. The second-order valence-corrected chi connectivity index (χ2v) is 7.55. The molecule has 0 radical (unpaired) electrons. The fourth-order valence-corrected chi connectivity index (χ4v) is 3.42. The molecule has 0 saturated heterocycles. The van der Waals surface area contributed by atoms with E-state index in [2.05, 4.69) is 26.2 Å². The van der Waals surface area contributed by atoms with Crippen molar-refractivity contribution in [1.29, 1.82) is 0 Å². The predicted molar refractivity (Wildman–Crippen MR) is 117 cm³/mol. The molecule has 0 aliphatic heterocycles. The van der Waals surface area contributed by atoms with Crippen molar-refractivity contribution in [3.05, 3.63) is 57.3 Å². The Kier molecular flexibility index (Phi) is 6.69. The van der Waals surface area contributed by atoms with Gasteiger partial charge in [0.2, 0.25) is 5.91 Å². The number of amides is 2. The number of tetrazole rings is 1. The summed E-state index contributed by atoms with van der Waals surface area (Å²) in [6.45, 7) is 5.59. The number of anilines is 2. The summed E-state index contributed by atoms with van der Waals surface area (Å²) in [5.74, 6) is -0.0823. The molecule has 3 rings (SSSR count). The highest BCUT2D eigenvalue weighted by molar-refractivity contribution is 6.38. The lowest BCUT2D eigenvalue weighted by Gasteiger charge is -2.15. The quantitative estimate of drug-likeness (QED) is 0.576. The molecule has 0 saturated carbocycles. The number of nitrogens with zero attached hydrogens (tertiary/aromatic N) is 4. The Morgan fingerprint density at radius 2 is 1.87 bits per heavy atom. The van der Waals surface area contributed by atoms with Gasteiger partial charge in [-0.3, -0.25) is 9.59 Å². The molecule has 0 aliphatic carbocycles. The minimum Gasteiger partial charge on any atom is -0.324 e. The van der Waals surface area contributed by atoms with Gasteiger partial charge in [-0.1, -0.05) is 36.2 Å². The number of nitrogens with one attached hydrogen (secondary N) is 2. The molecule has 0 bridgehead atoms. The van der Waals surface area contributed by atoms with Crippen LogP contribution in [0.5, 0.6) is 0 Å². The van der Waals surface area contributed by atoms with Crippen LogP contribution in [-0.4, -0.2) is 32.0 Å². The Morgan fingerprint density at radius 1 is 1.10 bits per heavy atom. The summed E-state index contributed by atoms with van der Waals surface area (Å²) in [5, 5.41) is 17.5. The van der Waals surface area contributed by atoms with E-state index in [0.29, 0.717) is 24.4 Å². The first kappa shape index (κ1) is 21.7.